The van der Waals surface area contributed by atoms with Crippen LogP contribution in [0.3, 0.4) is 0 Å². The Morgan fingerprint density at radius 3 is 2.73 bits per heavy atom. The molecular weight excluding hydrogens is 416 g/mol. The van der Waals surface area contributed by atoms with E-state index < -0.39 is 5.91 Å². The van der Waals surface area contributed by atoms with Crippen LogP contribution in [0.5, 0.6) is 0 Å². The Morgan fingerprint density at radius 1 is 1.27 bits per heavy atom. The molecule has 0 spiro atoms. The number of hydrogen-bond donors (Lipinski definition) is 2. The molecule has 0 atom stereocenters. The van der Waals surface area contributed by atoms with Crippen LogP contribution < -0.4 is 10.6 Å². The number of halogens is 2. The highest BCUT2D eigenvalue weighted by molar-refractivity contribution is 9.10. The molecule has 2 amide bonds. The van der Waals surface area contributed by atoms with E-state index in [1.54, 1.807) is 6.07 Å². The first-order valence-electron chi connectivity index (χ1n) is 6.27. The molecule has 2 rings (SSSR count). The van der Waals surface area contributed by atoms with Crippen LogP contribution in [-0.4, -0.2) is 28.3 Å². The number of benzene rings is 1. The monoisotopic (exact) mass is 426 g/mol. The molecule has 0 aliphatic heterocycles. The Labute approximate surface area is 144 Å². The predicted molar refractivity (Wildman–Crippen MR) is 89.6 cm³/mol. The highest BCUT2D eigenvalue weighted by Gasteiger charge is 2.13. The lowest BCUT2D eigenvalue weighted by Gasteiger charge is -2.09. The number of hydrogen-bond acceptors (Lipinski definition) is 4. The molecule has 8 heteroatoms. The van der Waals surface area contributed by atoms with Crippen LogP contribution in [0.2, 0.25) is 0 Å². The van der Waals surface area contributed by atoms with E-state index in [1.165, 1.54) is 12.5 Å². The summed E-state index contributed by atoms with van der Waals surface area (Å²) in [6, 6.07) is 5.52. The van der Waals surface area contributed by atoms with Crippen molar-refractivity contribution in [2.24, 2.45) is 0 Å². The van der Waals surface area contributed by atoms with Crippen LogP contribution in [0.4, 0.5) is 5.69 Å². The summed E-state index contributed by atoms with van der Waals surface area (Å²) in [5.41, 5.74) is 1.81. The van der Waals surface area contributed by atoms with E-state index in [2.05, 4.69) is 52.5 Å². The van der Waals surface area contributed by atoms with Gasteiger partial charge in [0.15, 0.2) is 0 Å². The van der Waals surface area contributed by atoms with Crippen molar-refractivity contribution in [3.63, 3.8) is 0 Å². The van der Waals surface area contributed by atoms with Crippen molar-refractivity contribution in [1.29, 1.82) is 0 Å². The summed E-state index contributed by atoms with van der Waals surface area (Å²) in [6.07, 6.45) is 2.73. The van der Waals surface area contributed by atoms with Gasteiger partial charge in [-0.15, -0.1) is 0 Å². The molecule has 0 aliphatic carbocycles. The number of carbonyl (C=O) groups is 2. The van der Waals surface area contributed by atoms with Gasteiger partial charge in [-0.25, -0.2) is 9.97 Å². The SMILES string of the molecule is Cc1cc(Br)ccc1NC(=O)CNC(=O)c1ncncc1Br. The maximum absolute atomic E-state index is 11.9. The van der Waals surface area contributed by atoms with Crippen molar-refractivity contribution in [1.82, 2.24) is 15.3 Å². The molecule has 22 heavy (non-hydrogen) atoms. The molecule has 1 aromatic carbocycles. The van der Waals surface area contributed by atoms with E-state index in [1.807, 2.05) is 19.1 Å². The molecular formula is C14H12Br2N4O2. The Kier molecular flexibility index (Phi) is 5.62. The van der Waals surface area contributed by atoms with Gasteiger partial charge in [-0.1, -0.05) is 15.9 Å². The second-order valence-electron chi connectivity index (χ2n) is 4.41. The normalized spacial score (nSPS) is 10.1. The van der Waals surface area contributed by atoms with Gasteiger partial charge in [0.05, 0.1) is 11.0 Å². The molecule has 0 saturated heterocycles. The molecule has 1 heterocycles. The third kappa shape index (κ3) is 4.35. The number of carbonyl (C=O) groups excluding carboxylic acids is 2. The minimum atomic E-state index is -0.447. The molecule has 0 fully saturated rings. The second-order valence-corrected chi connectivity index (χ2v) is 6.18. The van der Waals surface area contributed by atoms with Gasteiger partial charge in [-0.3, -0.25) is 9.59 Å². The quantitative estimate of drug-likeness (QED) is 0.785. The molecule has 0 bridgehead atoms. The van der Waals surface area contributed by atoms with E-state index >= 15 is 0 Å². The van der Waals surface area contributed by atoms with E-state index in [-0.39, 0.29) is 18.1 Å². The summed E-state index contributed by atoms with van der Waals surface area (Å²) in [4.78, 5) is 31.4. The summed E-state index contributed by atoms with van der Waals surface area (Å²) in [6.45, 7) is 1.74. The third-order valence-corrected chi connectivity index (χ3v) is 3.83. The first-order valence-corrected chi connectivity index (χ1v) is 7.85. The van der Waals surface area contributed by atoms with Crippen LogP contribution in [0.1, 0.15) is 16.1 Å². The summed E-state index contributed by atoms with van der Waals surface area (Å²) in [5.74, 6) is -0.763. The van der Waals surface area contributed by atoms with Gasteiger partial charge in [-0.05, 0) is 46.6 Å². The topological polar surface area (TPSA) is 84.0 Å². The number of anilines is 1. The average Bonchev–Trinajstić information content (AvgIpc) is 2.48. The third-order valence-electron chi connectivity index (χ3n) is 2.75. The number of aryl methyl sites for hydroxylation is 1. The molecule has 1 aromatic heterocycles. The van der Waals surface area contributed by atoms with Crippen molar-refractivity contribution in [3.8, 4) is 0 Å². The molecule has 0 aliphatic rings. The lowest BCUT2D eigenvalue weighted by atomic mass is 10.2. The van der Waals surface area contributed by atoms with Crippen LogP contribution in [0, 0.1) is 6.92 Å². The molecule has 2 N–H and O–H groups in total. The number of nitrogens with zero attached hydrogens (tertiary/aromatic N) is 2. The van der Waals surface area contributed by atoms with Gasteiger partial charge in [0.1, 0.15) is 12.0 Å². The maximum atomic E-state index is 11.9. The first kappa shape index (κ1) is 16.6. The lowest BCUT2D eigenvalue weighted by Crippen LogP contribution is -2.33. The summed E-state index contributed by atoms with van der Waals surface area (Å²) >= 11 is 6.54. The second kappa shape index (κ2) is 7.46. The van der Waals surface area contributed by atoms with Gasteiger partial charge in [0.2, 0.25) is 5.91 Å². The Bertz CT molecular complexity index is 722. The zero-order valence-electron chi connectivity index (χ0n) is 11.6. The zero-order chi connectivity index (χ0) is 16.1. The molecule has 114 valence electrons. The van der Waals surface area contributed by atoms with Gasteiger partial charge < -0.3 is 10.6 Å². The van der Waals surface area contributed by atoms with Crippen molar-refractivity contribution in [3.05, 3.63) is 50.9 Å². The number of rotatable bonds is 4. The standard InChI is InChI=1S/C14H12Br2N4O2/c1-8-4-9(15)2-3-11(8)20-12(21)6-18-14(22)13-10(16)5-17-7-19-13/h2-5,7H,6H2,1H3,(H,18,22)(H,20,21). The molecule has 6 nitrogen and oxygen atoms in total. The van der Waals surface area contributed by atoms with Crippen LogP contribution in [0.15, 0.2) is 39.7 Å². The largest absolute Gasteiger partial charge is 0.342 e. The van der Waals surface area contributed by atoms with Gasteiger partial charge >= 0.3 is 0 Å². The summed E-state index contributed by atoms with van der Waals surface area (Å²) in [7, 11) is 0. The lowest BCUT2D eigenvalue weighted by molar-refractivity contribution is -0.115. The maximum Gasteiger partial charge on any atom is 0.271 e. The number of amides is 2. The molecule has 0 saturated carbocycles. The predicted octanol–water partition coefficient (Wildman–Crippen LogP) is 2.68. The van der Waals surface area contributed by atoms with E-state index in [0.29, 0.717) is 10.2 Å². The summed E-state index contributed by atoms with van der Waals surface area (Å²) in [5, 5.41) is 5.25. The fourth-order valence-corrected chi connectivity index (χ4v) is 2.56. The Balaban J connectivity index is 1.93. The van der Waals surface area contributed by atoms with E-state index in [9.17, 15) is 9.59 Å². The van der Waals surface area contributed by atoms with Crippen molar-refractivity contribution in [2.75, 3.05) is 11.9 Å². The number of nitrogens with one attached hydrogen (secondary N) is 2. The molecule has 0 radical (unpaired) electrons. The first-order chi connectivity index (χ1) is 10.5. The van der Waals surface area contributed by atoms with Gasteiger partial charge in [-0.2, -0.15) is 0 Å². The Hall–Kier alpha value is -1.80. The van der Waals surface area contributed by atoms with Crippen LogP contribution >= 0.6 is 31.9 Å². The van der Waals surface area contributed by atoms with Crippen molar-refractivity contribution >= 4 is 49.4 Å². The molecule has 0 unspecified atom stereocenters. The summed E-state index contributed by atoms with van der Waals surface area (Å²) < 4.78 is 1.40. The average molecular weight is 428 g/mol. The molecule has 2 aromatic rings. The minimum absolute atomic E-state index is 0.148. The minimum Gasteiger partial charge on any atom is -0.342 e. The zero-order valence-corrected chi connectivity index (χ0v) is 14.7. The van der Waals surface area contributed by atoms with Crippen molar-refractivity contribution in [2.45, 2.75) is 6.92 Å². The number of aromatic nitrogens is 2. The van der Waals surface area contributed by atoms with Gasteiger partial charge in [0, 0.05) is 16.4 Å². The highest BCUT2D eigenvalue weighted by Crippen LogP contribution is 2.19. The van der Waals surface area contributed by atoms with E-state index in [4.69, 9.17) is 0 Å². The highest BCUT2D eigenvalue weighted by atomic mass is 79.9. The van der Waals surface area contributed by atoms with Crippen molar-refractivity contribution < 1.29 is 9.59 Å². The smallest absolute Gasteiger partial charge is 0.271 e. The van der Waals surface area contributed by atoms with Crippen LogP contribution in [0.25, 0.3) is 0 Å². The van der Waals surface area contributed by atoms with Crippen LogP contribution in [-0.2, 0) is 4.79 Å². The fourth-order valence-electron chi connectivity index (χ4n) is 1.69. The van der Waals surface area contributed by atoms with Gasteiger partial charge in [0.25, 0.3) is 5.91 Å². The fraction of sp³-hybridized carbons (Fsp3) is 0.143. The van der Waals surface area contributed by atoms with E-state index in [0.717, 1.165) is 10.0 Å². The Morgan fingerprint density at radius 2 is 2.05 bits per heavy atom.